The quantitative estimate of drug-likeness (QED) is 0.395. The highest BCUT2D eigenvalue weighted by Gasteiger charge is 2.42. The van der Waals surface area contributed by atoms with E-state index < -0.39 is 0 Å². The molecule has 3 aliphatic rings. The van der Waals surface area contributed by atoms with Crippen LogP contribution < -0.4 is 5.32 Å². The summed E-state index contributed by atoms with van der Waals surface area (Å²) in [4.78, 5) is 7.48. The molecule has 3 fully saturated rings. The number of likely N-dealkylation sites (tertiary alicyclic amines) is 1. The summed E-state index contributed by atoms with van der Waals surface area (Å²) in [5.41, 5.74) is 0.363. The van der Waals surface area contributed by atoms with Crippen molar-refractivity contribution in [2.24, 2.45) is 16.3 Å². The number of rotatable bonds is 4. The average Bonchev–Trinajstić information content (AvgIpc) is 3.40. The summed E-state index contributed by atoms with van der Waals surface area (Å²) >= 11 is 0. The van der Waals surface area contributed by atoms with Gasteiger partial charge in [-0.25, -0.2) is 0 Å². The van der Waals surface area contributed by atoms with E-state index in [2.05, 4.69) is 17.1 Å². The van der Waals surface area contributed by atoms with Crippen LogP contribution in [-0.2, 0) is 11.2 Å². The summed E-state index contributed by atoms with van der Waals surface area (Å²) in [6.07, 6.45) is 10.3. The lowest BCUT2D eigenvalue weighted by molar-refractivity contribution is 0.156. The highest BCUT2D eigenvalue weighted by atomic mass is 127. The minimum atomic E-state index is 0. The number of ether oxygens (including phenoxy) is 1. The van der Waals surface area contributed by atoms with Crippen molar-refractivity contribution in [3.05, 3.63) is 24.2 Å². The first-order valence-corrected chi connectivity index (χ1v) is 10.4. The number of halogens is 1. The molecule has 1 aromatic rings. The Bertz CT molecular complexity index is 599. The fraction of sp³-hybridized carbons (Fsp3) is 0.762. The molecule has 1 aliphatic carbocycles. The molecule has 1 spiro atoms. The van der Waals surface area contributed by atoms with Gasteiger partial charge < -0.3 is 19.4 Å². The van der Waals surface area contributed by atoms with Crippen molar-refractivity contribution in [2.45, 2.75) is 57.9 Å². The molecule has 1 aromatic heterocycles. The van der Waals surface area contributed by atoms with Crippen LogP contribution in [0.15, 0.2) is 27.8 Å². The second-order valence-electron chi connectivity index (χ2n) is 8.52. The monoisotopic (exact) mass is 487 g/mol. The molecule has 5 nitrogen and oxygen atoms in total. The summed E-state index contributed by atoms with van der Waals surface area (Å²) < 4.78 is 11.2. The van der Waals surface area contributed by atoms with Gasteiger partial charge in [0.2, 0.25) is 0 Å². The number of nitrogens with one attached hydrogen (secondary N) is 1. The van der Waals surface area contributed by atoms with Crippen LogP contribution in [0.4, 0.5) is 0 Å². The highest BCUT2D eigenvalue weighted by molar-refractivity contribution is 14.0. The van der Waals surface area contributed by atoms with Gasteiger partial charge in [-0.1, -0.05) is 19.8 Å². The molecule has 0 aromatic carbocycles. The van der Waals surface area contributed by atoms with Gasteiger partial charge in [-0.05, 0) is 43.7 Å². The smallest absolute Gasteiger partial charge is 0.194 e. The van der Waals surface area contributed by atoms with Gasteiger partial charge in [-0.3, -0.25) is 4.99 Å². The molecule has 27 heavy (non-hydrogen) atoms. The first-order valence-electron chi connectivity index (χ1n) is 10.4. The maximum Gasteiger partial charge on any atom is 0.194 e. The van der Waals surface area contributed by atoms with E-state index in [1.165, 1.54) is 38.5 Å². The average molecular weight is 487 g/mol. The lowest BCUT2D eigenvalue weighted by atomic mass is 9.86. The Morgan fingerprint density at radius 3 is 2.96 bits per heavy atom. The number of hydrogen-bond acceptors (Lipinski definition) is 3. The normalized spacial score (nSPS) is 31.3. The topological polar surface area (TPSA) is 50.0 Å². The molecule has 152 valence electrons. The predicted molar refractivity (Wildman–Crippen MR) is 119 cm³/mol. The molecule has 2 saturated heterocycles. The zero-order valence-corrected chi connectivity index (χ0v) is 18.8. The van der Waals surface area contributed by atoms with Crippen molar-refractivity contribution >= 4 is 29.9 Å². The fourth-order valence-corrected chi connectivity index (χ4v) is 4.75. The molecule has 3 heterocycles. The Morgan fingerprint density at radius 1 is 1.33 bits per heavy atom. The Hall–Kier alpha value is -0.760. The van der Waals surface area contributed by atoms with Crippen molar-refractivity contribution in [2.75, 3.05) is 32.8 Å². The first kappa shape index (κ1) is 21.0. The molecule has 3 atom stereocenters. The van der Waals surface area contributed by atoms with Crippen molar-refractivity contribution < 1.29 is 9.15 Å². The maximum absolute atomic E-state index is 5.71. The van der Waals surface area contributed by atoms with Crippen LogP contribution in [0.3, 0.4) is 0 Å². The summed E-state index contributed by atoms with van der Waals surface area (Å²) in [6.45, 7) is 7.18. The van der Waals surface area contributed by atoms with Crippen LogP contribution in [0.1, 0.15) is 51.2 Å². The zero-order valence-electron chi connectivity index (χ0n) is 16.5. The van der Waals surface area contributed by atoms with E-state index in [-0.39, 0.29) is 24.0 Å². The molecule has 0 amide bonds. The van der Waals surface area contributed by atoms with Crippen molar-refractivity contribution in [3.63, 3.8) is 0 Å². The van der Waals surface area contributed by atoms with Gasteiger partial charge >= 0.3 is 0 Å². The zero-order chi connectivity index (χ0) is 17.8. The van der Waals surface area contributed by atoms with E-state index in [9.17, 15) is 0 Å². The highest BCUT2D eigenvalue weighted by Crippen LogP contribution is 2.38. The van der Waals surface area contributed by atoms with Gasteiger partial charge in [0.15, 0.2) is 5.96 Å². The van der Waals surface area contributed by atoms with Crippen LogP contribution in [-0.4, -0.2) is 49.7 Å². The van der Waals surface area contributed by atoms with Gasteiger partial charge in [-0.2, -0.15) is 0 Å². The second kappa shape index (κ2) is 9.63. The van der Waals surface area contributed by atoms with E-state index in [0.29, 0.717) is 11.5 Å². The van der Waals surface area contributed by atoms with Crippen LogP contribution in [0.5, 0.6) is 0 Å². The third-order valence-corrected chi connectivity index (χ3v) is 6.55. The van der Waals surface area contributed by atoms with E-state index in [1.807, 2.05) is 12.1 Å². The van der Waals surface area contributed by atoms with Gasteiger partial charge in [0.05, 0.1) is 12.9 Å². The minimum absolute atomic E-state index is 0. The van der Waals surface area contributed by atoms with Crippen LogP contribution in [0.25, 0.3) is 0 Å². The standard InChI is InChI=1S/C21H33N3O2.HI/c1-17-5-2-3-7-19(17)23-20(22-11-8-18-6-4-13-26-18)24-12-9-21(15-24)10-14-25-16-21;/h4,6,13,17,19H,2-3,5,7-12,14-16H2,1H3,(H,22,23);1H. The molecule has 3 unspecified atom stereocenters. The van der Waals surface area contributed by atoms with Crippen molar-refractivity contribution in [1.29, 1.82) is 0 Å². The SMILES string of the molecule is CC1CCCCC1NC(=NCCc1ccco1)N1CCC2(CCOC2)C1.I. The summed E-state index contributed by atoms with van der Waals surface area (Å²) in [6, 6.07) is 4.54. The molecule has 0 bridgehead atoms. The minimum Gasteiger partial charge on any atom is -0.469 e. The van der Waals surface area contributed by atoms with E-state index in [0.717, 1.165) is 56.9 Å². The first-order chi connectivity index (χ1) is 12.7. The van der Waals surface area contributed by atoms with Crippen LogP contribution in [0, 0.1) is 11.3 Å². The molecule has 4 rings (SSSR count). The third kappa shape index (κ3) is 5.19. The van der Waals surface area contributed by atoms with Crippen LogP contribution in [0.2, 0.25) is 0 Å². The number of nitrogens with zero attached hydrogens (tertiary/aromatic N) is 2. The molecule has 0 radical (unpaired) electrons. The summed E-state index contributed by atoms with van der Waals surface area (Å²) in [5.74, 6) is 2.85. The van der Waals surface area contributed by atoms with Gasteiger partial charge in [0.25, 0.3) is 0 Å². The molecule has 2 aliphatic heterocycles. The fourth-order valence-electron chi connectivity index (χ4n) is 4.75. The molecule has 6 heteroatoms. The second-order valence-corrected chi connectivity index (χ2v) is 8.52. The number of hydrogen-bond donors (Lipinski definition) is 1. The summed E-state index contributed by atoms with van der Waals surface area (Å²) in [7, 11) is 0. The Labute approximate surface area is 180 Å². The van der Waals surface area contributed by atoms with E-state index in [4.69, 9.17) is 14.1 Å². The molecular weight excluding hydrogens is 453 g/mol. The largest absolute Gasteiger partial charge is 0.469 e. The Kier molecular flexibility index (Phi) is 7.48. The molecular formula is C21H34IN3O2. The lowest BCUT2D eigenvalue weighted by Gasteiger charge is -2.34. The summed E-state index contributed by atoms with van der Waals surface area (Å²) in [5, 5.41) is 3.84. The maximum atomic E-state index is 5.71. The third-order valence-electron chi connectivity index (χ3n) is 6.55. The number of aliphatic imine (C=N–C) groups is 1. The van der Waals surface area contributed by atoms with Gasteiger partial charge in [-0.15, -0.1) is 24.0 Å². The Morgan fingerprint density at radius 2 is 2.22 bits per heavy atom. The van der Waals surface area contributed by atoms with Crippen molar-refractivity contribution in [3.8, 4) is 0 Å². The Balaban J connectivity index is 0.00000210. The number of guanidine groups is 1. The number of furan rings is 1. The van der Waals surface area contributed by atoms with E-state index >= 15 is 0 Å². The lowest BCUT2D eigenvalue weighted by Crippen LogP contribution is -2.49. The molecule has 1 N–H and O–H groups in total. The van der Waals surface area contributed by atoms with Gasteiger partial charge in [0.1, 0.15) is 5.76 Å². The molecule has 1 saturated carbocycles. The van der Waals surface area contributed by atoms with Crippen molar-refractivity contribution in [1.82, 2.24) is 10.2 Å². The van der Waals surface area contributed by atoms with Gasteiger partial charge in [0, 0.05) is 44.1 Å². The van der Waals surface area contributed by atoms with E-state index in [1.54, 1.807) is 6.26 Å². The predicted octanol–water partition coefficient (Wildman–Crippen LogP) is 4.08. The van der Waals surface area contributed by atoms with Crippen LogP contribution >= 0.6 is 24.0 Å².